The Hall–Kier alpha value is -2.83. The zero-order valence-electron chi connectivity index (χ0n) is 17.8. The molecular formula is C24H24Cl2N4O2. The lowest BCUT2D eigenvalue weighted by molar-refractivity contribution is 0.0763. The van der Waals surface area contributed by atoms with E-state index in [-0.39, 0.29) is 23.8 Å². The normalized spacial score (nSPS) is 19.1. The molecule has 2 aromatic heterocycles. The van der Waals surface area contributed by atoms with Crippen molar-refractivity contribution in [3.05, 3.63) is 81.7 Å². The SMILES string of the molecule is Cc1cccc(C(=O)N2C[C@H]([C@H](C)Oc3ccc(N)cn3)[C@@H](c3ccc(Cl)c(Cl)c3)C2)n1. The summed E-state index contributed by atoms with van der Waals surface area (Å²) in [5, 5.41) is 0.985. The van der Waals surface area contributed by atoms with Crippen molar-refractivity contribution < 1.29 is 9.53 Å². The number of ether oxygens (including phenoxy) is 1. The molecule has 0 saturated carbocycles. The van der Waals surface area contributed by atoms with Gasteiger partial charge in [-0.2, -0.15) is 0 Å². The van der Waals surface area contributed by atoms with Crippen molar-refractivity contribution >= 4 is 34.8 Å². The number of carbonyl (C=O) groups excluding carboxylic acids is 1. The number of rotatable bonds is 5. The van der Waals surface area contributed by atoms with Crippen molar-refractivity contribution in [3.8, 4) is 5.88 Å². The largest absolute Gasteiger partial charge is 0.474 e. The molecule has 0 spiro atoms. The van der Waals surface area contributed by atoms with Gasteiger partial charge in [0.15, 0.2) is 0 Å². The Balaban J connectivity index is 1.61. The maximum Gasteiger partial charge on any atom is 0.272 e. The molecule has 3 aromatic rings. The first-order valence-corrected chi connectivity index (χ1v) is 11.1. The first-order valence-electron chi connectivity index (χ1n) is 10.4. The van der Waals surface area contributed by atoms with E-state index in [1.54, 1.807) is 30.5 Å². The maximum absolute atomic E-state index is 13.2. The quantitative estimate of drug-likeness (QED) is 0.567. The van der Waals surface area contributed by atoms with Gasteiger partial charge in [0.05, 0.1) is 21.9 Å². The average Bonchev–Trinajstić information content (AvgIpc) is 3.22. The molecule has 6 nitrogen and oxygen atoms in total. The number of amides is 1. The van der Waals surface area contributed by atoms with E-state index in [1.165, 1.54) is 0 Å². The fraction of sp³-hybridized carbons (Fsp3) is 0.292. The summed E-state index contributed by atoms with van der Waals surface area (Å²) in [4.78, 5) is 23.7. The Kier molecular flexibility index (Phi) is 6.53. The number of nitrogens with two attached hydrogens (primary N) is 1. The van der Waals surface area contributed by atoms with E-state index in [1.807, 2.05) is 43.0 Å². The predicted octanol–water partition coefficient (Wildman–Crippen LogP) is 5.00. The van der Waals surface area contributed by atoms with Crippen molar-refractivity contribution in [1.29, 1.82) is 0 Å². The van der Waals surface area contributed by atoms with E-state index in [0.29, 0.717) is 40.4 Å². The molecule has 0 radical (unpaired) electrons. The standard InChI is InChI=1S/C24H24Cl2N4O2/c1-14-4-3-5-22(29-14)24(31)30-12-18(15(2)32-23-9-7-17(27)11-28-23)19(13-30)16-6-8-20(25)21(26)10-16/h3-11,15,18-19H,12-13,27H2,1-2H3/t15-,18+,19+/m0/s1. The van der Waals surface area contributed by atoms with Gasteiger partial charge in [-0.05, 0) is 49.7 Å². The molecular weight excluding hydrogens is 447 g/mol. The Morgan fingerprint density at radius 1 is 1.16 bits per heavy atom. The second-order valence-electron chi connectivity index (χ2n) is 8.07. The smallest absolute Gasteiger partial charge is 0.272 e. The van der Waals surface area contributed by atoms with Gasteiger partial charge in [0.1, 0.15) is 11.8 Å². The van der Waals surface area contributed by atoms with Crippen LogP contribution in [0.4, 0.5) is 5.69 Å². The van der Waals surface area contributed by atoms with Crippen LogP contribution in [0.5, 0.6) is 5.88 Å². The van der Waals surface area contributed by atoms with Gasteiger partial charge in [-0.3, -0.25) is 4.79 Å². The molecule has 0 aliphatic carbocycles. The van der Waals surface area contributed by atoms with Crippen LogP contribution >= 0.6 is 23.2 Å². The molecule has 4 rings (SSSR count). The molecule has 3 heterocycles. The van der Waals surface area contributed by atoms with Crippen LogP contribution in [-0.2, 0) is 0 Å². The number of carbonyl (C=O) groups is 1. The highest BCUT2D eigenvalue weighted by atomic mass is 35.5. The summed E-state index contributed by atoms with van der Waals surface area (Å²) in [5.41, 5.74) is 8.55. The highest BCUT2D eigenvalue weighted by Crippen LogP contribution is 2.38. The van der Waals surface area contributed by atoms with Gasteiger partial charge in [-0.1, -0.05) is 35.3 Å². The third-order valence-corrected chi connectivity index (χ3v) is 6.54. The van der Waals surface area contributed by atoms with Gasteiger partial charge >= 0.3 is 0 Å². The summed E-state index contributed by atoms with van der Waals surface area (Å²) in [5.74, 6) is 0.423. The minimum Gasteiger partial charge on any atom is -0.474 e. The zero-order valence-corrected chi connectivity index (χ0v) is 19.3. The number of anilines is 1. The minimum atomic E-state index is -0.214. The van der Waals surface area contributed by atoms with Crippen LogP contribution in [0.25, 0.3) is 0 Å². The maximum atomic E-state index is 13.2. The van der Waals surface area contributed by atoms with Gasteiger partial charge in [0.2, 0.25) is 5.88 Å². The molecule has 1 fully saturated rings. The first kappa shape index (κ1) is 22.4. The van der Waals surface area contributed by atoms with Gasteiger partial charge in [0, 0.05) is 36.7 Å². The van der Waals surface area contributed by atoms with E-state index in [4.69, 9.17) is 33.7 Å². The Labute approximate surface area is 197 Å². The fourth-order valence-corrected chi connectivity index (χ4v) is 4.44. The van der Waals surface area contributed by atoms with Gasteiger partial charge in [-0.25, -0.2) is 9.97 Å². The lowest BCUT2D eigenvalue weighted by Crippen LogP contribution is -2.32. The second kappa shape index (κ2) is 9.35. The highest BCUT2D eigenvalue weighted by Gasteiger charge is 2.40. The third kappa shape index (κ3) is 4.81. The molecule has 1 amide bonds. The number of hydrogen-bond acceptors (Lipinski definition) is 5. The fourth-order valence-electron chi connectivity index (χ4n) is 4.13. The van der Waals surface area contributed by atoms with Crippen molar-refractivity contribution in [3.63, 3.8) is 0 Å². The summed E-state index contributed by atoms with van der Waals surface area (Å²) in [6, 6.07) is 14.6. The number of benzene rings is 1. The lowest BCUT2D eigenvalue weighted by atomic mass is 9.86. The van der Waals surface area contributed by atoms with Crippen LogP contribution in [0.1, 0.15) is 34.6 Å². The summed E-state index contributed by atoms with van der Waals surface area (Å²) >= 11 is 12.4. The number of halogens is 2. The number of nitrogen functional groups attached to an aromatic ring is 1. The molecule has 2 N–H and O–H groups in total. The van der Waals surface area contributed by atoms with Crippen molar-refractivity contribution in [2.45, 2.75) is 25.9 Å². The van der Waals surface area contributed by atoms with Gasteiger partial charge in [0.25, 0.3) is 5.91 Å². The molecule has 1 saturated heterocycles. The molecule has 166 valence electrons. The predicted molar refractivity (Wildman–Crippen MR) is 126 cm³/mol. The number of hydrogen-bond donors (Lipinski definition) is 1. The molecule has 3 atom stereocenters. The number of aromatic nitrogens is 2. The number of aryl methyl sites for hydroxylation is 1. The molecule has 8 heteroatoms. The second-order valence-corrected chi connectivity index (χ2v) is 8.89. The highest BCUT2D eigenvalue weighted by molar-refractivity contribution is 6.42. The number of pyridine rings is 2. The van der Waals surface area contributed by atoms with Crippen LogP contribution in [0.15, 0.2) is 54.7 Å². The zero-order chi connectivity index (χ0) is 22.8. The number of likely N-dealkylation sites (tertiary alicyclic amines) is 1. The van der Waals surface area contributed by atoms with Crippen LogP contribution in [0.2, 0.25) is 10.0 Å². The van der Waals surface area contributed by atoms with E-state index >= 15 is 0 Å². The van der Waals surface area contributed by atoms with Crippen LogP contribution < -0.4 is 10.5 Å². The van der Waals surface area contributed by atoms with Crippen molar-refractivity contribution in [1.82, 2.24) is 14.9 Å². The van der Waals surface area contributed by atoms with E-state index in [0.717, 1.165) is 11.3 Å². The average molecular weight is 471 g/mol. The Morgan fingerprint density at radius 3 is 2.66 bits per heavy atom. The molecule has 0 unspecified atom stereocenters. The summed E-state index contributed by atoms with van der Waals surface area (Å²) < 4.78 is 6.13. The van der Waals surface area contributed by atoms with Crippen LogP contribution in [0.3, 0.4) is 0 Å². The molecule has 0 bridgehead atoms. The monoisotopic (exact) mass is 470 g/mol. The Bertz CT molecular complexity index is 1120. The van der Waals surface area contributed by atoms with Gasteiger partial charge in [-0.15, -0.1) is 0 Å². The lowest BCUT2D eigenvalue weighted by Gasteiger charge is -2.25. The molecule has 32 heavy (non-hydrogen) atoms. The summed E-state index contributed by atoms with van der Waals surface area (Å²) in [6.07, 6.45) is 1.35. The third-order valence-electron chi connectivity index (χ3n) is 5.80. The van der Waals surface area contributed by atoms with Crippen molar-refractivity contribution in [2.75, 3.05) is 18.8 Å². The van der Waals surface area contributed by atoms with Crippen LogP contribution in [0, 0.1) is 12.8 Å². The van der Waals surface area contributed by atoms with E-state index < -0.39 is 0 Å². The van der Waals surface area contributed by atoms with E-state index in [2.05, 4.69) is 9.97 Å². The minimum absolute atomic E-state index is 0.0142. The van der Waals surface area contributed by atoms with E-state index in [9.17, 15) is 4.79 Å². The summed E-state index contributed by atoms with van der Waals surface area (Å²) in [6.45, 7) is 4.92. The topological polar surface area (TPSA) is 81.3 Å². The van der Waals surface area contributed by atoms with Crippen LogP contribution in [-0.4, -0.2) is 40.0 Å². The van der Waals surface area contributed by atoms with Crippen molar-refractivity contribution in [2.24, 2.45) is 5.92 Å². The summed E-state index contributed by atoms with van der Waals surface area (Å²) in [7, 11) is 0. The van der Waals surface area contributed by atoms with Gasteiger partial charge < -0.3 is 15.4 Å². The molecule has 1 aliphatic heterocycles. The molecule has 1 aromatic carbocycles. The number of nitrogens with zero attached hydrogens (tertiary/aromatic N) is 3. The Morgan fingerprint density at radius 2 is 1.97 bits per heavy atom. The molecule has 1 aliphatic rings. The first-order chi connectivity index (χ1) is 15.3.